The monoisotopic (exact) mass is 277 g/mol. The first kappa shape index (κ1) is 14.8. The molecule has 5 heteroatoms. The Morgan fingerprint density at radius 1 is 1.20 bits per heavy atom. The summed E-state index contributed by atoms with van der Waals surface area (Å²) in [5.41, 5.74) is 2.51. The maximum atomic E-state index is 10.7. The summed E-state index contributed by atoms with van der Waals surface area (Å²) in [5.74, 6) is 0.0154. The molecular weight excluding hydrogens is 254 g/mol. The van der Waals surface area contributed by atoms with E-state index in [2.05, 4.69) is 39.8 Å². The maximum absolute atomic E-state index is 10.7. The summed E-state index contributed by atoms with van der Waals surface area (Å²) in [5, 5.41) is 6.07. The van der Waals surface area contributed by atoms with Crippen LogP contribution in [-0.2, 0) is 16.1 Å². The number of morpholine rings is 1. The molecule has 2 rings (SSSR count). The second-order valence-electron chi connectivity index (χ2n) is 4.93. The zero-order valence-electron chi connectivity index (χ0n) is 12.0. The van der Waals surface area contributed by atoms with Gasteiger partial charge in [0.1, 0.15) is 0 Å². The van der Waals surface area contributed by atoms with Gasteiger partial charge in [0.15, 0.2) is 0 Å². The van der Waals surface area contributed by atoms with Crippen LogP contribution in [0.4, 0.5) is 5.69 Å². The summed E-state index contributed by atoms with van der Waals surface area (Å²) >= 11 is 0. The van der Waals surface area contributed by atoms with Gasteiger partial charge in [0.25, 0.3) is 0 Å². The third-order valence-corrected chi connectivity index (χ3v) is 3.32. The van der Waals surface area contributed by atoms with Crippen molar-refractivity contribution in [1.29, 1.82) is 0 Å². The van der Waals surface area contributed by atoms with Crippen LogP contribution >= 0.6 is 0 Å². The summed E-state index contributed by atoms with van der Waals surface area (Å²) < 4.78 is 5.36. The Hall–Kier alpha value is -1.59. The second kappa shape index (κ2) is 7.87. The van der Waals surface area contributed by atoms with Crippen molar-refractivity contribution >= 4 is 11.6 Å². The fourth-order valence-electron chi connectivity index (χ4n) is 2.21. The smallest absolute Gasteiger partial charge is 0.216 e. The quantitative estimate of drug-likeness (QED) is 0.754. The lowest BCUT2D eigenvalue weighted by atomic mass is 10.2. The first-order chi connectivity index (χ1) is 9.75. The normalized spacial score (nSPS) is 15.2. The van der Waals surface area contributed by atoms with Crippen molar-refractivity contribution in [2.45, 2.75) is 13.5 Å². The van der Waals surface area contributed by atoms with Gasteiger partial charge in [-0.1, -0.05) is 12.1 Å². The molecule has 1 aromatic carbocycles. The molecule has 1 aliphatic rings. The van der Waals surface area contributed by atoms with E-state index >= 15 is 0 Å². The van der Waals surface area contributed by atoms with Crippen LogP contribution in [0.5, 0.6) is 0 Å². The first-order valence-electron chi connectivity index (χ1n) is 7.12. The second-order valence-corrected chi connectivity index (χ2v) is 4.93. The molecule has 1 fully saturated rings. The van der Waals surface area contributed by atoms with Crippen LogP contribution in [0.2, 0.25) is 0 Å². The van der Waals surface area contributed by atoms with Gasteiger partial charge in [-0.15, -0.1) is 0 Å². The van der Waals surface area contributed by atoms with Gasteiger partial charge in [-0.25, -0.2) is 0 Å². The molecule has 1 heterocycles. The van der Waals surface area contributed by atoms with Crippen LogP contribution in [0.3, 0.4) is 0 Å². The fourth-order valence-corrected chi connectivity index (χ4v) is 2.21. The van der Waals surface area contributed by atoms with Crippen LogP contribution in [0.15, 0.2) is 24.3 Å². The highest BCUT2D eigenvalue weighted by Gasteiger charge is 2.10. The Morgan fingerprint density at radius 3 is 2.55 bits per heavy atom. The topological polar surface area (TPSA) is 53.6 Å². The summed E-state index contributed by atoms with van der Waals surface area (Å²) in [4.78, 5) is 13.1. The van der Waals surface area contributed by atoms with E-state index in [0.717, 1.165) is 39.4 Å². The molecule has 2 N–H and O–H groups in total. The molecule has 1 saturated heterocycles. The number of ether oxygens (including phenoxy) is 1. The van der Waals surface area contributed by atoms with E-state index in [9.17, 15) is 4.79 Å². The molecule has 110 valence electrons. The predicted molar refractivity (Wildman–Crippen MR) is 79.9 cm³/mol. The summed E-state index contributed by atoms with van der Waals surface area (Å²) in [6.07, 6.45) is 0. The molecule has 20 heavy (non-hydrogen) atoms. The minimum absolute atomic E-state index is 0.0154. The number of nitrogens with zero attached hydrogens (tertiary/aromatic N) is 1. The predicted octanol–water partition coefficient (Wildman–Crippen LogP) is 0.749. The molecule has 0 radical (unpaired) electrons. The van der Waals surface area contributed by atoms with Crippen LogP contribution in [0.1, 0.15) is 12.5 Å². The minimum atomic E-state index is 0.0154. The minimum Gasteiger partial charge on any atom is -0.378 e. The van der Waals surface area contributed by atoms with E-state index in [-0.39, 0.29) is 5.91 Å². The number of carbonyl (C=O) groups excluding carboxylic acids is 1. The van der Waals surface area contributed by atoms with E-state index in [1.165, 1.54) is 18.2 Å². The van der Waals surface area contributed by atoms with Gasteiger partial charge in [-0.2, -0.15) is 0 Å². The van der Waals surface area contributed by atoms with E-state index in [1.54, 1.807) is 0 Å². The number of amides is 1. The van der Waals surface area contributed by atoms with Gasteiger partial charge in [-0.3, -0.25) is 4.79 Å². The summed E-state index contributed by atoms with van der Waals surface area (Å²) in [6.45, 7) is 7.36. The van der Waals surface area contributed by atoms with Crippen LogP contribution in [0.25, 0.3) is 0 Å². The van der Waals surface area contributed by atoms with Crippen molar-refractivity contribution in [2.24, 2.45) is 0 Å². The van der Waals surface area contributed by atoms with Crippen molar-refractivity contribution in [1.82, 2.24) is 10.6 Å². The molecule has 0 unspecified atom stereocenters. The zero-order valence-corrected chi connectivity index (χ0v) is 12.0. The van der Waals surface area contributed by atoms with Crippen LogP contribution in [0, 0.1) is 0 Å². The molecule has 0 saturated carbocycles. The van der Waals surface area contributed by atoms with E-state index in [1.807, 2.05) is 0 Å². The first-order valence-corrected chi connectivity index (χ1v) is 7.12. The molecule has 0 spiro atoms. The molecule has 1 aromatic rings. The molecule has 1 amide bonds. The summed E-state index contributed by atoms with van der Waals surface area (Å²) in [6, 6.07) is 8.62. The summed E-state index contributed by atoms with van der Waals surface area (Å²) in [7, 11) is 0. The molecule has 0 aliphatic carbocycles. The third kappa shape index (κ3) is 4.83. The van der Waals surface area contributed by atoms with Crippen molar-refractivity contribution < 1.29 is 9.53 Å². The van der Waals surface area contributed by atoms with Crippen LogP contribution in [-0.4, -0.2) is 45.3 Å². The largest absolute Gasteiger partial charge is 0.378 e. The maximum Gasteiger partial charge on any atom is 0.216 e. The van der Waals surface area contributed by atoms with Gasteiger partial charge < -0.3 is 20.3 Å². The number of carbonyl (C=O) groups is 1. The highest BCUT2D eigenvalue weighted by atomic mass is 16.5. The molecule has 5 nitrogen and oxygen atoms in total. The van der Waals surface area contributed by atoms with Crippen LogP contribution < -0.4 is 15.5 Å². The fraction of sp³-hybridized carbons (Fsp3) is 0.533. The van der Waals surface area contributed by atoms with Gasteiger partial charge in [0.2, 0.25) is 5.91 Å². The molecular formula is C15H23N3O2. The van der Waals surface area contributed by atoms with Gasteiger partial charge in [0, 0.05) is 45.3 Å². The highest BCUT2D eigenvalue weighted by Crippen LogP contribution is 2.16. The van der Waals surface area contributed by atoms with Crippen molar-refractivity contribution in [3.05, 3.63) is 29.8 Å². The Balaban J connectivity index is 1.72. The number of hydrogen-bond acceptors (Lipinski definition) is 4. The number of anilines is 1. The number of nitrogens with one attached hydrogen (secondary N) is 2. The van der Waals surface area contributed by atoms with Gasteiger partial charge in [-0.05, 0) is 17.7 Å². The molecule has 0 aromatic heterocycles. The van der Waals surface area contributed by atoms with E-state index in [0.29, 0.717) is 6.54 Å². The van der Waals surface area contributed by atoms with E-state index < -0.39 is 0 Å². The molecule has 0 atom stereocenters. The highest BCUT2D eigenvalue weighted by molar-refractivity contribution is 5.72. The lowest BCUT2D eigenvalue weighted by Crippen LogP contribution is -2.36. The average Bonchev–Trinajstić information content (AvgIpc) is 2.48. The van der Waals surface area contributed by atoms with E-state index in [4.69, 9.17) is 4.74 Å². The molecule has 1 aliphatic heterocycles. The van der Waals surface area contributed by atoms with Crippen molar-refractivity contribution in [3.8, 4) is 0 Å². The Morgan fingerprint density at radius 2 is 1.90 bits per heavy atom. The Kier molecular flexibility index (Phi) is 5.83. The SMILES string of the molecule is CC(=O)NCCNCc1ccc(N2CCOCC2)cc1. The lowest BCUT2D eigenvalue weighted by Gasteiger charge is -2.28. The average molecular weight is 277 g/mol. The van der Waals surface area contributed by atoms with Crippen molar-refractivity contribution in [2.75, 3.05) is 44.3 Å². The zero-order chi connectivity index (χ0) is 14.2. The Bertz CT molecular complexity index is 414. The number of rotatable bonds is 6. The molecule has 0 bridgehead atoms. The third-order valence-electron chi connectivity index (χ3n) is 3.32. The van der Waals surface area contributed by atoms with Gasteiger partial charge >= 0.3 is 0 Å². The number of benzene rings is 1. The van der Waals surface area contributed by atoms with Gasteiger partial charge in [0.05, 0.1) is 13.2 Å². The van der Waals surface area contributed by atoms with Crippen molar-refractivity contribution in [3.63, 3.8) is 0 Å². The number of hydrogen-bond donors (Lipinski definition) is 2. The standard InChI is InChI=1S/C15H23N3O2/c1-13(19)17-7-6-16-12-14-2-4-15(5-3-14)18-8-10-20-11-9-18/h2-5,16H,6-12H2,1H3,(H,17,19). The lowest BCUT2D eigenvalue weighted by molar-refractivity contribution is -0.118. The Labute approximate surface area is 120 Å².